The minimum absolute atomic E-state index is 0.676. The highest BCUT2D eigenvalue weighted by Crippen LogP contribution is 2.30. The van der Waals surface area contributed by atoms with Crippen LogP contribution >= 0.6 is 15.9 Å². The van der Waals surface area contributed by atoms with Crippen molar-refractivity contribution >= 4 is 21.7 Å². The molecule has 100 valence electrons. The van der Waals surface area contributed by atoms with E-state index in [0.29, 0.717) is 11.8 Å². The van der Waals surface area contributed by atoms with Crippen LogP contribution in [0, 0.1) is 18.8 Å². The molecule has 3 nitrogen and oxygen atoms in total. The number of hydrogen-bond acceptors (Lipinski definition) is 3. The van der Waals surface area contributed by atoms with Crippen LogP contribution in [0.1, 0.15) is 31.2 Å². The van der Waals surface area contributed by atoms with Gasteiger partial charge in [0.05, 0.1) is 4.47 Å². The third kappa shape index (κ3) is 3.23. The Morgan fingerprint density at radius 2 is 2.11 bits per heavy atom. The second-order valence-electron chi connectivity index (χ2n) is 5.21. The van der Waals surface area contributed by atoms with Gasteiger partial charge in [0.1, 0.15) is 5.82 Å². The van der Waals surface area contributed by atoms with Gasteiger partial charge >= 0.3 is 0 Å². The SMILES string of the molecule is Cc1ccnc(NCC2CCCCC2CN)c1Br. The Morgan fingerprint density at radius 1 is 1.39 bits per heavy atom. The number of anilines is 1. The van der Waals surface area contributed by atoms with E-state index in [2.05, 4.69) is 33.2 Å². The predicted molar refractivity (Wildman–Crippen MR) is 79.7 cm³/mol. The molecule has 3 N–H and O–H groups in total. The summed E-state index contributed by atoms with van der Waals surface area (Å²) in [5.41, 5.74) is 7.08. The first-order chi connectivity index (χ1) is 8.72. The van der Waals surface area contributed by atoms with Crippen molar-refractivity contribution in [2.45, 2.75) is 32.6 Å². The zero-order valence-electron chi connectivity index (χ0n) is 11.0. The van der Waals surface area contributed by atoms with Crippen LogP contribution in [0.25, 0.3) is 0 Å². The van der Waals surface area contributed by atoms with Gasteiger partial charge in [-0.2, -0.15) is 0 Å². The van der Waals surface area contributed by atoms with Crippen LogP contribution < -0.4 is 11.1 Å². The van der Waals surface area contributed by atoms with Crippen LogP contribution in [-0.2, 0) is 0 Å². The molecule has 1 heterocycles. The van der Waals surface area contributed by atoms with Gasteiger partial charge in [0.15, 0.2) is 0 Å². The molecule has 0 aromatic carbocycles. The largest absolute Gasteiger partial charge is 0.369 e. The molecule has 2 atom stereocenters. The van der Waals surface area contributed by atoms with E-state index in [-0.39, 0.29) is 0 Å². The number of nitrogens with one attached hydrogen (secondary N) is 1. The molecule has 1 aliphatic carbocycles. The second kappa shape index (κ2) is 6.53. The van der Waals surface area contributed by atoms with Crippen molar-refractivity contribution in [1.29, 1.82) is 0 Å². The number of hydrogen-bond donors (Lipinski definition) is 2. The van der Waals surface area contributed by atoms with Crippen LogP contribution in [0.3, 0.4) is 0 Å². The first kappa shape index (κ1) is 13.8. The van der Waals surface area contributed by atoms with Gasteiger partial charge in [-0.1, -0.05) is 12.8 Å². The number of rotatable bonds is 4. The Kier molecular flexibility index (Phi) is 5.01. The molecule has 2 rings (SSSR count). The van der Waals surface area contributed by atoms with Gasteiger partial charge < -0.3 is 11.1 Å². The smallest absolute Gasteiger partial charge is 0.140 e. The number of nitrogens with zero attached hydrogens (tertiary/aromatic N) is 1. The number of aromatic nitrogens is 1. The maximum absolute atomic E-state index is 5.86. The molecule has 1 aromatic heterocycles. The lowest BCUT2D eigenvalue weighted by molar-refractivity contribution is 0.255. The van der Waals surface area contributed by atoms with Crippen molar-refractivity contribution in [3.63, 3.8) is 0 Å². The van der Waals surface area contributed by atoms with E-state index in [1.54, 1.807) is 0 Å². The van der Waals surface area contributed by atoms with Gasteiger partial charge in [-0.3, -0.25) is 0 Å². The zero-order chi connectivity index (χ0) is 13.0. The maximum Gasteiger partial charge on any atom is 0.140 e. The average molecular weight is 312 g/mol. The lowest BCUT2D eigenvalue weighted by Gasteiger charge is -2.31. The Hall–Kier alpha value is -0.610. The van der Waals surface area contributed by atoms with Gasteiger partial charge in [-0.15, -0.1) is 0 Å². The van der Waals surface area contributed by atoms with Crippen molar-refractivity contribution in [3.8, 4) is 0 Å². The van der Waals surface area contributed by atoms with Crippen LogP contribution in [0.4, 0.5) is 5.82 Å². The van der Waals surface area contributed by atoms with E-state index in [4.69, 9.17) is 5.73 Å². The molecule has 0 amide bonds. The summed E-state index contributed by atoms with van der Waals surface area (Å²) >= 11 is 3.59. The molecule has 0 saturated heterocycles. The summed E-state index contributed by atoms with van der Waals surface area (Å²) in [5, 5.41) is 3.47. The number of nitrogens with two attached hydrogens (primary N) is 1. The second-order valence-corrected chi connectivity index (χ2v) is 6.00. The highest BCUT2D eigenvalue weighted by Gasteiger charge is 2.23. The summed E-state index contributed by atoms with van der Waals surface area (Å²) < 4.78 is 1.07. The minimum atomic E-state index is 0.676. The van der Waals surface area contributed by atoms with E-state index < -0.39 is 0 Å². The van der Waals surface area contributed by atoms with Crippen molar-refractivity contribution in [2.75, 3.05) is 18.4 Å². The molecular weight excluding hydrogens is 290 g/mol. The lowest BCUT2D eigenvalue weighted by atomic mass is 9.79. The molecular formula is C14H22BrN3. The van der Waals surface area contributed by atoms with Gasteiger partial charge in [-0.05, 0) is 65.7 Å². The first-order valence-electron chi connectivity index (χ1n) is 6.77. The first-order valence-corrected chi connectivity index (χ1v) is 7.56. The van der Waals surface area contributed by atoms with Gasteiger partial charge in [0.2, 0.25) is 0 Å². The quantitative estimate of drug-likeness (QED) is 0.896. The Balaban J connectivity index is 1.96. The van der Waals surface area contributed by atoms with E-state index in [0.717, 1.165) is 23.4 Å². The summed E-state index contributed by atoms with van der Waals surface area (Å²) in [6.45, 7) is 3.88. The molecule has 4 heteroatoms. The molecule has 1 fully saturated rings. The molecule has 2 unspecified atom stereocenters. The van der Waals surface area contributed by atoms with E-state index in [9.17, 15) is 0 Å². The van der Waals surface area contributed by atoms with Crippen LogP contribution in [-0.4, -0.2) is 18.1 Å². The molecule has 0 bridgehead atoms. The Bertz CT molecular complexity index is 395. The average Bonchev–Trinajstić information content (AvgIpc) is 2.41. The molecule has 0 radical (unpaired) electrons. The normalized spacial score (nSPS) is 23.9. The molecule has 1 aliphatic rings. The molecule has 1 aromatic rings. The summed E-state index contributed by atoms with van der Waals surface area (Å²) in [4.78, 5) is 4.39. The van der Waals surface area contributed by atoms with Gasteiger partial charge in [0, 0.05) is 12.7 Å². The predicted octanol–water partition coefficient (Wildman–Crippen LogP) is 3.33. The van der Waals surface area contributed by atoms with Crippen molar-refractivity contribution in [3.05, 3.63) is 22.3 Å². The summed E-state index contributed by atoms with van der Waals surface area (Å²) in [6, 6.07) is 2.01. The van der Waals surface area contributed by atoms with E-state index >= 15 is 0 Å². The monoisotopic (exact) mass is 311 g/mol. The summed E-state index contributed by atoms with van der Waals surface area (Å²) in [6.07, 6.45) is 7.10. The van der Waals surface area contributed by atoms with Crippen molar-refractivity contribution < 1.29 is 0 Å². The minimum Gasteiger partial charge on any atom is -0.369 e. The fourth-order valence-electron chi connectivity index (χ4n) is 2.75. The maximum atomic E-state index is 5.86. The zero-order valence-corrected chi connectivity index (χ0v) is 12.5. The highest BCUT2D eigenvalue weighted by molar-refractivity contribution is 9.10. The van der Waals surface area contributed by atoms with Crippen molar-refractivity contribution in [1.82, 2.24) is 4.98 Å². The van der Waals surface area contributed by atoms with Crippen LogP contribution in [0.15, 0.2) is 16.7 Å². The molecule has 0 spiro atoms. The third-order valence-corrected chi connectivity index (χ3v) is 4.98. The molecule has 0 aliphatic heterocycles. The van der Waals surface area contributed by atoms with Crippen LogP contribution in [0.5, 0.6) is 0 Å². The van der Waals surface area contributed by atoms with Crippen LogP contribution in [0.2, 0.25) is 0 Å². The van der Waals surface area contributed by atoms with E-state index in [1.165, 1.54) is 31.2 Å². The van der Waals surface area contributed by atoms with Crippen molar-refractivity contribution in [2.24, 2.45) is 17.6 Å². The summed E-state index contributed by atoms with van der Waals surface area (Å²) in [5.74, 6) is 2.32. The molecule has 18 heavy (non-hydrogen) atoms. The van der Waals surface area contributed by atoms with Gasteiger partial charge in [0.25, 0.3) is 0 Å². The fraction of sp³-hybridized carbons (Fsp3) is 0.643. The molecule has 1 saturated carbocycles. The number of aryl methyl sites for hydroxylation is 1. The Morgan fingerprint density at radius 3 is 2.83 bits per heavy atom. The van der Waals surface area contributed by atoms with Gasteiger partial charge in [-0.25, -0.2) is 4.98 Å². The Labute approximate surface area is 118 Å². The third-order valence-electron chi connectivity index (χ3n) is 3.98. The fourth-order valence-corrected chi connectivity index (χ4v) is 3.13. The standard InChI is InChI=1S/C14H22BrN3/c1-10-6-7-17-14(13(10)15)18-9-12-5-3-2-4-11(12)8-16/h6-7,11-12H,2-5,8-9,16H2,1H3,(H,17,18). The lowest BCUT2D eigenvalue weighted by Crippen LogP contribution is -2.31. The topological polar surface area (TPSA) is 50.9 Å². The van der Waals surface area contributed by atoms with E-state index in [1.807, 2.05) is 12.3 Å². The number of halogens is 1. The number of pyridine rings is 1. The highest BCUT2D eigenvalue weighted by atomic mass is 79.9. The summed E-state index contributed by atoms with van der Waals surface area (Å²) in [7, 11) is 0.